The van der Waals surface area contributed by atoms with Crippen LogP contribution in [-0.4, -0.2) is 9.97 Å². The maximum atomic E-state index is 7.22. The Labute approximate surface area is 63.1 Å². The molecule has 0 fully saturated rings. The van der Waals surface area contributed by atoms with E-state index in [0.717, 1.165) is 0 Å². The van der Waals surface area contributed by atoms with E-state index in [2.05, 4.69) is 25.9 Å². The van der Waals surface area contributed by atoms with Crippen LogP contribution in [0.1, 0.15) is 12.5 Å². The predicted octanol–water partition coefficient (Wildman–Crippen LogP) is 1.55. The Morgan fingerprint density at radius 2 is 2.62 bits per heavy atom. The molecule has 0 atom stereocenters. The molecule has 42 valence electrons. The fraction of sp³-hybridized carbons (Fsp3) is 0.200. The molecule has 0 N–H and O–H groups in total. The van der Waals surface area contributed by atoms with Crippen molar-refractivity contribution in [3.63, 3.8) is 0 Å². The minimum Gasteiger partial charge on any atom is -0.257 e. The van der Waals surface area contributed by atoms with Crippen molar-refractivity contribution in [3.05, 3.63) is 22.6 Å². The summed E-state index contributed by atoms with van der Waals surface area (Å²) in [7, 11) is 0. The third-order valence-corrected chi connectivity index (χ3v) is 0.875. The molecule has 3 heteroatoms. The Morgan fingerprint density at radius 1 is 1.75 bits per heavy atom. The topological polar surface area (TPSA) is 25.8 Å². The molecule has 0 aromatic carbocycles. The third-order valence-electron chi connectivity index (χ3n) is 0.520. The fourth-order valence-corrected chi connectivity index (χ4v) is 0.431. The Balaban J connectivity index is 3.32. The third kappa shape index (κ3) is 1.26. The van der Waals surface area contributed by atoms with Gasteiger partial charge in [-0.25, -0.2) is 4.98 Å². The zero-order valence-corrected chi connectivity index (χ0v) is 5.36. The summed E-state index contributed by atoms with van der Waals surface area (Å²) in [5, 5.41) is 0. The van der Waals surface area contributed by atoms with E-state index >= 15 is 0 Å². The molecular weight excluding hydrogens is 168 g/mol. The molecule has 1 rings (SSSR count). The molecule has 0 saturated heterocycles. The van der Waals surface area contributed by atoms with Gasteiger partial charge in [-0.3, -0.25) is 4.98 Å². The van der Waals surface area contributed by atoms with E-state index in [1.165, 1.54) is 0 Å². The molecule has 0 saturated carbocycles. The van der Waals surface area contributed by atoms with Crippen molar-refractivity contribution in [1.82, 2.24) is 9.97 Å². The van der Waals surface area contributed by atoms with Gasteiger partial charge in [0.25, 0.3) is 0 Å². The van der Waals surface area contributed by atoms with Crippen molar-refractivity contribution in [2.75, 3.05) is 0 Å². The van der Waals surface area contributed by atoms with Gasteiger partial charge < -0.3 is 0 Å². The minimum atomic E-state index is -2.49. The first-order chi connectivity index (χ1) is 5.82. The molecule has 2 nitrogen and oxygen atoms in total. The van der Waals surface area contributed by atoms with Crippen molar-refractivity contribution in [2.24, 2.45) is 0 Å². The fourth-order valence-electron chi connectivity index (χ4n) is 0.254. The molecule has 1 aromatic rings. The Kier molecular flexibility index (Phi) is 0.572. The zero-order valence-electron chi connectivity index (χ0n) is 8.77. The smallest absolute Gasteiger partial charge is 0.124 e. The van der Waals surface area contributed by atoms with Gasteiger partial charge in [-0.2, -0.15) is 0 Å². The first kappa shape index (κ1) is 2.06. The Morgan fingerprint density at radius 3 is 3.38 bits per heavy atom. The molecule has 0 spiro atoms. The summed E-state index contributed by atoms with van der Waals surface area (Å²) in [6.45, 7) is -2.49. The van der Waals surface area contributed by atoms with Gasteiger partial charge in [0.05, 0.1) is 14.6 Å². The van der Waals surface area contributed by atoms with E-state index in [4.69, 9.17) is 6.85 Å². The Hall–Kier alpha value is -0.440. The van der Waals surface area contributed by atoms with Crippen LogP contribution in [0.2, 0.25) is 0 Å². The van der Waals surface area contributed by atoms with Crippen LogP contribution < -0.4 is 0 Å². The second kappa shape index (κ2) is 2.22. The van der Waals surface area contributed by atoms with Gasteiger partial charge in [0.1, 0.15) is 4.60 Å². The molecule has 0 amide bonds. The molecule has 0 radical (unpaired) electrons. The molecule has 0 aliphatic carbocycles. The molecule has 0 bridgehead atoms. The van der Waals surface area contributed by atoms with Gasteiger partial charge in [-0.1, -0.05) is 0 Å². The van der Waals surface area contributed by atoms with Gasteiger partial charge in [-0.15, -0.1) is 0 Å². The van der Waals surface area contributed by atoms with Crippen molar-refractivity contribution in [2.45, 2.75) is 6.85 Å². The van der Waals surface area contributed by atoms with Gasteiger partial charge in [0.2, 0.25) is 0 Å². The number of nitrogens with zero attached hydrogens (tertiary/aromatic N) is 2. The van der Waals surface area contributed by atoms with Crippen LogP contribution in [0, 0.1) is 6.85 Å². The molecule has 0 aliphatic heterocycles. The maximum absolute atomic E-state index is 7.22. The van der Waals surface area contributed by atoms with Gasteiger partial charge >= 0.3 is 0 Å². The average molecular weight is 178 g/mol. The first-order valence-corrected chi connectivity index (χ1v) is 2.63. The summed E-state index contributed by atoms with van der Waals surface area (Å²) >= 11 is 2.88. The number of rotatable bonds is 0. The normalized spacial score (nSPS) is 19.9. The van der Waals surface area contributed by atoms with Crippen LogP contribution in [0.4, 0.5) is 0 Å². The van der Waals surface area contributed by atoms with Crippen LogP contribution in [0.3, 0.4) is 0 Å². The van der Waals surface area contributed by atoms with Crippen LogP contribution in [-0.2, 0) is 0 Å². The second-order valence-electron chi connectivity index (χ2n) is 1.09. The summed E-state index contributed by atoms with van der Waals surface area (Å²) in [4.78, 5) is 6.96. The summed E-state index contributed by atoms with van der Waals surface area (Å²) < 4.78 is 35.5. The van der Waals surface area contributed by atoms with E-state index in [0.29, 0.717) is 0 Å². The van der Waals surface area contributed by atoms with Gasteiger partial charge in [0.15, 0.2) is 0 Å². The summed E-state index contributed by atoms with van der Waals surface area (Å²) in [5.74, 6) is 0. The van der Waals surface area contributed by atoms with E-state index in [1.54, 1.807) is 0 Å². The lowest BCUT2D eigenvalue weighted by Crippen LogP contribution is -1.81. The highest BCUT2D eigenvalue weighted by Gasteiger charge is 1.84. The standard InChI is InChI=1S/C5H5BrN2/c1-4-2-8-5(6)3-7-4/h2-3H,1H3/i1D3,2D,3D. The van der Waals surface area contributed by atoms with Crippen molar-refractivity contribution in [1.29, 1.82) is 0 Å². The highest BCUT2D eigenvalue weighted by molar-refractivity contribution is 9.10. The number of halogens is 1. The van der Waals surface area contributed by atoms with Gasteiger partial charge in [-0.05, 0) is 22.8 Å². The molecule has 0 unspecified atom stereocenters. The lowest BCUT2D eigenvalue weighted by Gasteiger charge is -1.87. The quantitative estimate of drug-likeness (QED) is 0.602. The number of hydrogen-bond donors (Lipinski definition) is 0. The van der Waals surface area contributed by atoms with E-state index < -0.39 is 18.7 Å². The number of aromatic nitrogens is 2. The zero-order chi connectivity index (χ0) is 10.2. The predicted molar refractivity (Wildman–Crippen MR) is 34.5 cm³/mol. The summed E-state index contributed by atoms with van der Waals surface area (Å²) in [5.41, 5.74) is -0.444. The SMILES string of the molecule is [2H]c1nc(C([2H])([2H])[2H])c([2H])nc1Br. The van der Waals surface area contributed by atoms with Crippen LogP contribution in [0.25, 0.3) is 0 Å². The summed E-state index contributed by atoms with van der Waals surface area (Å²) in [6, 6.07) is 0. The van der Waals surface area contributed by atoms with Crippen molar-refractivity contribution in [3.8, 4) is 0 Å². The lowest BCUT2D eigenvalue weighted by molar-refractivity contribution is 1.09. The maximum Gasteiger partial charge on any atom is 0.124 e. The highest BCUT2D eigenvalue weighted by Crippen LogP contribution is 2.00. The molecule has 1 heterocycles. The van der Waals surface area contributed by atoms with Crippen LogP contribution in [0.5, 0.6) is 0 Å². The van der Waals surface area contributed by atoms with E-state index in [9.17, 15) is 0 Å². The lowest BCUT2D eigenvalue weighted by atomic mass is 10.5. The second-order valence-corrected chi connectivity index (χ2v) is 1.84. The van der Waals surface area contributed by atoms with Crippen LogP contribution >= 0.6 is 15.9 Å². The van der Waals surface area contributed by atoms with E-state index in [1.807, 2.05) is 0 Å². The van der Waals surface area contributed by atoms with E-state index in [-0.39, 0.29) is 10.8 Å². The highest BCUT2D eigenvalue weighted by atomic mass is 79.9. The largest absolute Gasteiger partial charge is 0.257 e. The average Bonchev–Trinajstić information content (AvgIpc) is 1.94. The first-order valence-electron chi connectivity index (χ1n) is 4.33. The van der Waals surface area contributed by atoms with Crippen LogP contribution in [0.15, 0.2) is 16.9 Å². The number of hydrogen-bond acceptors (Lipinski definition) is 2. The molecule has 8 heavy (non-hydrogen) atoms. The Bertz CT molecular complexity index is 336. The molecular formula is C5H5BrN2. The number of aryl methyl sites for hydroxylation is 1. The van der Waals surface area contributed by atoms with Gasteiger partial charge in [0, 0.05) is 10.3 Å². The molecule has 1 aromatic heterocycles. The van der Waals surface area contributed by atoms with Crippen molar-refractivity contribution < 1.29 is 6.85 Å². The van der Waals surface area contributed by atoms with Crippen molar-refractivity contribution >= 4 is 15.9 Å². The molecule has 0 aliphatic rings. The monoisotopic (exact) mass is 177 g/mol. The minimum absolute atomic E-state index is 0.0745. The summed E-state index contributed by atoms with van der Waals surface area (Å²) in [6.07, 6.45) is -0.704.